The SMILES string of the molecule is FC(Cl)(Cl)Sc1c(-c2c(Cl)cc(C(F)(F)F)cc2Cl)[nH]c2ccccc12. The Morgan fingerprint density at radius 3 is 2.04 bits per heavy atom. The van der Waals surface area contributed by atoms with Gasteiger partial charge in [-0.3, -0.25) is 0 Å². The quantitative estimate of drug-likeness (QED) is 0.235. The Kier molecular flexibility index (Phi) is 5.36. The molecule has 0 atom stereocenters. The lowest BCUT2D eigenvalue weighted by Crippen LogP contribution is -2.05. The third-order valence-corrected chi connectivity index (χ3v) is 5.41. The minimum absolute atomic E-state index is 0.0950. The lowest BCUT2D eigenvalue weighted by Gasteiger charge is -2.14. The van der Waals surface area contributed by atoms with E-state index in [1.165, 1.54) is 0 Å². The fraction of sp³-hybridized carbons (Fsp3) is 0.125. The summed E-state index contributed by atoms with van der Waals surface area (Å²) < 4.78 is 50.0. The van der Waals surface area contributed by atoms with E-state index in [0.717, 1.165) is 12.1 Å². The molecule has 3 aromatic rings. The van der Waals surface area contributed by atoms with E-state index in [0.29, 0.717) is 22.7 Å². The molecule has 26 heavy (non-hydrogen) atoms. The molecule has 1 N–H and O–H groups in total. The van der Waals surface area contributed by atoms with Gasteiger partial charge >= 0.3 is 10.1 Å². The van der Waals surface area contributed by atoms with Crippen LogP contribution in [0, 0.1) is 0 Å². The highest BCUT2D eigenvalue weighted by Gasteiger charge is 2.34. The molecular formula is C16H7Cl4F4NS. The summed E-state index contributed by atoms with van der Waals surface area (Å²) in [5, 5.41) is 0.0847. The number of rotatable bonds is 3. The molecule has 0 aliphatic rings. The largest absolute Gasteiger partial charge is 0.416 e. The molecule has 0 saturated heterocycles. The average molecular weight is 463 g/mol. The summed E-state index contributed by atoms with van der Waals surface area (Å²) >= 11 is 23.6. The van der Waals surface area contributed by atoms with E-state index in [2.05, 4.69) is 4.98 Å². The molecule has 10 heteroatoms. The van der Waals surface area contributed by atoms with E-state index >= 15 is 0 Å². The first-order valence-corrected chi connectivity index (χ1v) is 9.23. The van der Waals surface area contributed by atoms with Crippen molar-refractivity contribution in [3.63, 3.8) is 0 Å². The molecule has 0 fully saturated rings. The predicted octanol–water partition coefficient (Wildman–Crippen LogP) is 8.31. The van der Waals surface area contributed by atoms with Crippen LogP contribution >= 0.6 is 58.2 Å². The lowest BCUT2D eigenvalue weighted by atomic mass is 10.1. The van der Waals surface area contributed by atoms with Gasteiger partial charge < -0.3 is 4.98 Å². The molecule has 0 radical (unpaired) electrons. The van der Waals surface area contributed by atoms with Crippen LogP contribution in [0.1, 0.15) is 5.56 Å². The van der Waals surface area contributed by atoms with Crippen molar-refractivity contribution in [1.82, 2.24) is 4.98 Å². The molecular weight excluding hydrogens is 456 g/mol. The number of para-hydroxylation sites is 1. The maximum Gasteiger partial charge on any atom is 0.416 e. The Hall–Kier alpha value is -0.790. The van der Waals surface area contributed by atoms with Crippen LogP contribution in [0.5, 0.6) is 0 Å². The molecule has 1 nitrogen and oxygen atoms in total. The highest BCUT2D eigenvalue weighted by molar-refractivity contribution is 8.03. The molecule has 0 aliphatic carbocycles. The number of aromatic amines is 1. The first-order valence-electron chi connectivity index (χ1n) is 6.90. The number of aromatic nitrogens is 1. The minimum Gasteiger partial charge on any atom is -0.353 e. The first-order chi connectivity index (χ1) is 12.0. The number of hydrogen-bond donors (Lipinski definition) is 1. The fourth-order valence-electron chi connectivity index (χ4n) is 2.49. The predicted molar refractivity (Wildman–Crippen MR) is 100 cm³/mol. The Balaban J connectivity index is 2.27. The smallest absolute Gasteiger partial charge is 0.353 e. The van der Waals surface area contributed by atoms with Gasteiger partial charge in [-0.2, -0.15) is 17.6 Å². The zero-order valence-electron chi connectivity index (χ0n) is 12.4. The van der Waals surface area contributed by atoms with Crippen LogP contribution in [0.4, 0.5) is 17.6 Å². The molecule has 2 aromatic carbocycles. The fourth-order valence-corrected chi connectivity index (χ4v) is 4.40. The van der Waals surface area contributed by atoms with Crippen molar-refractivity contribution in [3.8, 4) is 11.3 Å². The summed E-state index contributed by atoms with van der Waals surface area (Å²) in [6, 6.07) is 8.35. The molecule has 1 aromatic heterocycles. The molecule has 1 heterocycles. The maximum atomic E-state index is 13.9. The van der Waals surface area contributed by atoms with Gasteiger partial charge in [0.25, 0.3) is 0 Å². The van der Waals surface area contributed by atoms with Crippen molar-refractivity contribution < 1.29 is 17.6 Å². The molecule has 0 amide bonds. The van der Waals surface area contributed by atoms with Crippen LogP contribution in [0.15, 0.2) is 41.3 Å². The number of alkyl halides is 6. The van der Waals surface area contributed by atoms with Gasteiger partial charge in [0.15, 0.2) is 0 Å². The number of H-pyrrole nitrogens is 1. The van der Waals surface area contributed by atoms with E-state index in [9.17, 15) is 17.6 Å². The van der Waals surface area contributed by atoms with Gasteiger partial charge in [0.1, 0.15) is 0 Å². The number of nitrogens with one attached hydrogen (secondary N) is 1. The summed E-state index contributed by atoms with van der Waals surface area (Å²) in [6.45, 7) is 0. The zero-order chi connectivity index (χ0) is 19.3. The zero-order valence-corrected chi connectivity index (χ0v) is 16.2. The number of fused-ring (bicyclic) bond motifs is 1. The lowest BCUT2D eigenvalue weighted by molar-refractivity contribution is -0.137. The summed E-state index contributed by atoms with van der Waals surface area (Å²) in [5.41, 5.74) is -0.0772. The third kappa shape index (κ3) is 4.04. The van der Waals surface area contributed by atoms with E-state index in [4.69, 9.17) is 46.4 Å². The number of hydrogen-bond acceptors (Lipinski definition) is 1. The van der Waals surface area contributed by atoms with Crippen molar-refractivity contribution in [1.29, 1.82) is 0 Å². The van der Waals surface area contributed by atoms with E-state index in [-0.39, 0.29) is 26.2 Å². The van der Waals surface area contributed by atoms with E-state index < -0.39 is 15.7 Å². The monoisotopic (exact) mass is 461 g/mol. The van der Waals surface area contributed by atoms with Crippen LogP contribution in [0.2, 0.25) is 10.0 Å². The number of thioether (sulfide) groups is 1. The van der Waals surface area contributed by atoms with Crippen LogP contribution in [-0.2, 0) is 6.18 Å². The van der Waals surface area contributed by atoms with Crippen molar-refractivity contribution in [2.75, 3.05) is 0 Å². The van der Waals surface area contributed by atoms with Crippen molar-refractivity contribution in [3.05, 3.63) is 52.0 Å². The minimum atomic E-state index is -4.61. The highest BCUT2D eigenvalue weighted by atomic mass is 35.5. The molecule has 0 saturated carbocycles. The summed E-state index contributed by atoms with van der Waals surface area (Å²) in [6.07, 6.45) is -4.61. The summed E-state index contributed by atoms with van der Waals surface area (Å²) in [4.78, 5) is 3.26. The Morgan fingerprint density at radius 2 is 1.50 bits per heavy atom. The van der Waals surface area contributed by atoms with Gasteiger partial charge in [-0.1, -0.05) is 76.4 Å². The highest BCUT2D eigenvalue weighted by Crippen LogP contribution is 2.50. The first kappa shape index (κ1) is 20.0. The standard InChI is InChI=1S/C16H7Cl4F4NS/c17-9-5-7(15(21,22)23)6-10(18)12(9)13-14(26-16(19,20)24)8-3-1-2-4-11(8)25-13/h1-6,25H. The number of halogens is 8. The Morgan fingerprint density at radius 1 is 0.923 bits per heavy atom. The van der Waals surface area contributed by atoms with Crippen LogP contribution < -0.4 is 0 Å². The van der Waals surface area contributed by atoms with Gasteiger partial charge in [0.2, 0.25) is 0 Å². The number of benzene rings is 2. The molecule has 0 unspecified atom stereocenters. The van der Waals surface area contributed by atoms with Crippen LogP contribution in [0.25, 0.3) is 22.2 Å². The van der Waals surface area contributed by atoms with Crippen molar-refractivity contribution in [2.45, 2.75) is 15.0 Å². The third-order valence-electron chi connectivity index (χ3n) is 3.50. The normalized spacial score (nSPS) is 12.8. The Bertz CT molecular complexity index is 956. The van der Waals surface area contributed by atoms with Crippen molar-refractivity contribution >= 4 is 69.1 Å². The van der Waals surface area contributed by atoms with Gasteiger partial charge in [-0.25, -0.2) is 0 Å². The van der Waals surface area contributed by atoms with E-state index in [1.54, 1.807) is 24.3 Å². The summed E-state index contributed by atoms with van der Waals surface area (Å²) in [5.74, 6) is 0. The molecule has 0 spiro atoms. The molecule has 0 bridgehead atoms. The Labute approximate surface area is 169 Å². The average Bonchev–Trinajstić information content (AvgIpc) is 2.82. The van der Waals surface area contributed by atoms with Gasteiger partial charge in [-0.05, 0) is 18.2 Å². The van der Waals surface area contributed by atoms with Crippen LogP contribution in [-0.4, -0.2) is 8.90 Å². The topological polar surface area (TPSA) is 15.8 Å². The second-order valence-corrected chi connectivity index (χ2v) is 8.91. The van der Waals surface area contributed by atoms with Gasteiger partial charge in [-0.15, -0.1) is 0 Å². The second kappa shape index (κ2) is 6.99. The molecule has 3 rings (SSSR count). The van der Waals surface area contributed by atoms with Crippen LogP contribution in [0.3, 0.4) is 0 Å². The second-order valence-electron chi connectivity index (χ2n) is 5.24. The molecule has 138 valence electrons. The summed E-state index contributed by atoms with van der Waals surface area (Å²) in [7, 11) is 0. The van der Waals surface area contributed by atoms with Gasteiger partial charge in [0.05, 0.1) is 21.3 Å². The molecule has 0 aliphatic heterocycles. The van der Waals surface area contributed by atoms with Gasteiger partial charge in [0, 0.05) is 21.4 Å². The maximum absolute atomic E-state index is 13.9. The van der Waals surface area contributed by atoms with Crippen molar-refractivity contribution in [2.24, 2.45) is 0 Å². The van der Waals surface area contributed by atoms with E-state index in [1.807, 2.05) is 0 Å².